The monoisotopic (exact) mass is 512 g/mol. The second-order valence-electron chi connectivity index (χ2n) is 9.29. The Balaban J connectivity index is 1.48. The first-order valence-corrected chi connectivity index (χ1v) is 13.3. The van der Waals surface area contributed by atoms with Crippen LogP contribution in [-0.4, -0.2) is 18.5 Å². The van der Waals surface area contributed by atoms with Gasteiger partial charge in [-0.1, -0.05) is 58.3 Å². The summed E-state index contributed by atoms with van der Waals surface area (Å²) >= 11 is 0. The van der Waals surface area contributed by atoms with Gasteiger partial charge in [0.05, 0.1) is 17.7 Å². The molecule has 0 N–H and O–H groups in total. The van der Waals surface area contributed by atoms with Crippen molar-refractivity contribution in [3.63, 3.8) is 0 Å². The van der Waals surface area contributed by atoms with E-state index in [0.717, 1.165) is 30.6 Å². The van der Waals surface area contributed by atoms with Crippen LogP contribution in [0.15, 0.2) is 72.8 Å². The van der Waals surface area contributed by atoms with Gasteiger partial charge in [0.1, 0.15) is 17.2 Å². The van der Waals surface area contributed by atoms with Crippen molar-refractivity contribution in [3.8, 4) is 29.1 Å². The minimum absolute atomic E-state index is 0.338. The van der Waals surface area contributed by atoms with Gasteiger partial charge in [-0.05, 0) is 85.1 Å². The summed E-state index contributed by atoms with van der Waals surface area (Å²) in [4.78, 5) is 25.0. The highest BCUT2D eigenvalue weighted by Crippen LogP contribution is 2.21. The molecule has 1 unspecified atom stereocenters. The highest BCUT2D eigenvalue weighted by Gasteiger charge is 2.12. The maximum atomic E-state index is 12.5. The third kappa shape index (κ3) is 9.44. The summed E-state index contributed by atoms with van der Waals surface area (Å²) < 4.78 is 16.6. The molecule has 3 rings (SSSR count). The fraction of sp³-hybridized carbons (Fsp3) is 0.333. The van der Waals surface area contributed by atoms with Crippen LogP contribution >= 0.6 is 0 Å². The van der Waals surface area contributed by atoms with Gasteiger partial charge in [0, 0.05) is 12.0 Å². The van der Waals surface area contributed by atoms with Crippen molar-refractivity contribution in [2.75, 3.05) is 6.61 Å². The van der Waals surface area contributed by atoms with Gasteiger partial charge >= 0.3 is 11.9 Å². The second-order valence-corrected chi connectivity index (χ2v) is 9.29. The van der Waals surface area contributed by atoms with E-state index < -0.39 is 11.9 Å². The van der Waals surface area contributed by atoms with Gasteiger partial charge in [-0.15, -0.1) is 0 Å². The van der Waals surface area contributed by atoms with E-state index >= 15 is 0 Å². The lowest BCUT2D eigenvalue weighted by molar-refractivity contribution is 0.0730. The molecule has 38 heavy (non-hydrogen) atoms. The molecule has 0 aliphatic heterocycles. The minimum atomic E-state index is -0.502. The molecule has 0 bridgehead atoms. The number of carbonyl (C=O) groups is 2. The first kappa shape index (κ1) is 28.5. The maximum Gasteiger partial charge on any atom is 0.343 e. The quantitative estimate of drug-likeness (QED) is 0.107. The number of hydrogen-bond donors (Lipinski definition) is 0. The number of benzene rings is 3. The Morgan fingerprint density at radius 2 is 1.24 bits per heavy atom. The van der Waals surface area contributed by atoms with Crippen molar-refractivity contribution in [2.45, 2.75) is 59.3 Å². The Morgan fingerprint density at radius 1 is 0.711 bits per heavy atom. The number of ether oxygens (including phenoxy) is 3. The van der Waals surface area contributed by atoms with Crippen LogP contribution in [0.1, 0.15) is 85.6 Å². The lowest BCUT2D eigenvalue weighted by Crippen LogP contribution is -2.10. The van der Waals surface area contributed by atoms with E-state index in [1.54, 1.807) is 60.7 Å². The lowest BCUT2D eigenvalue weighted by atomic mass is 10.1. The Kier molecular flexibility index (Phi) is 11.5. The zero-order valence-corrected chi connectivity index (χ0v) is 22.5. The topological polar surface area (TPSA) is 61.8 Å². The van der Waals surface area contributed by atoms with E-state index in [4.69, 9.17) is 14.2 Å². The molecule has 5 heteroatoms. The molecule has 1 atom stereocenters. The van der Waals surface area contributed by atoms with Crippen LogP contribution in [0.4, 0.5) is 0 Å². The van der Waals surface area contributed by atoms with Gasteiger partial charge in [-0.2, -0.15) is 0 Å². The Hall–Kier alpha value is -4.04. The largest absolute Gasteiger partial charge is 0.493 e. The third-order valence-electron chi connectivity index (χ3n) is 6.07. The minimum Gasteiger partial charge on any atom is -0.493 e. The van der Waals surface area contributed by atoms with E-state index in [0.29, 0.717) is 35.2 Å². The molecular formula is C33H36O5. The summed E-state index contributed by atoms with van der Waals surface area (Å²) in [6, 6.07) is 20.3. The predicted octanol–water partition coefficient (Wildman–Crippen LogP) is 7.87. The molecule has 0 aliphatic carbocycles. The van der Waals surface area contributed by atoms with E-state index in [2.05, 4.69) is 32.6 Å². The van der Waals surface area contributed by atoms with Gasteiger partial charge in [0.25, 0.3) is 0 Å². The molecule has 0 radical (unpaired) electrons. The standard InChI is InChI=1S/C33H36O5/c1-4-6-7-8-9-10-11-26-12-14-27(15-13-26)32(34)37-30-18-16-28(17-19-30)33(35)38-31-22-20-29(21-23-31)36-24-25(3)5-2/h12-23,25H,4-9,24H2,1-3H3. The van der Waals surface area contributed by atoms with E-state index in [9.17, 15) is 9.59 Å². The average molecular weight is 513 g/mol. The van der Waals surface area contributed by atoms with E-state index in [-0.39, 0.29) is 0 Å². The molecule has 5 nitrogen and oxygen atoms in total. The number of esters is 2. The van der Waals surface area contributed by atoms with Crippen molar-refractivity contribution >= 4 is 11.9 Å². The molecule has 0 heterocycles. The fourth-order valence-corrected chi connectivity index (χ4v) is 3.45. The Bertz CT molecular complexity index is 1220. The third-order valence-corrected chi connectivity index (χ3v) is 6.07. The van der Waals surface area contributed by atoms with Crippen LogP contribution in [0, 0.1) is 17.8 Å². The molecule has 0 fully saturated rings. The molecule has 3 aromatic carbocycles. The highest BCUT2D eigenvalue weighted by atomic mass is 16.5. The molecular weight excluding hydrogens is 476 g/mol. The number of rotatable bonds is 12. The highest BCUT2D eigenvalue weighted by molar-refractivity contribution is 5.92. The number of unbranched alkanes of at least 4 members (excludes halogenated alkanes) is 4. The molecule has 0 spiro atoms. The molecule has 3 aromatic rings. The SMILES string of the molecule is CCCCCCC#Cc1ccc(C(=O)Oc2ccc(C(=O)Oc3ccc(OCC(C)CC)cc3)cc2)cc1. The van der Waals surface area contributed by atoms with Gasteiger partial charge in [-0.25, -0.2) is 9.59 Å². The zero-order valence-electron chi connectivity index (χ0n) is 22.5. The lowest BCUT2D eigenvalue weighted by Gasteiger charge is -2.11. The zero-order chi connectivity index (χ0) is 27.2. The molecule has 0 amide bonds. The average Bonchev–Trinajstić information content (AvgIpc) is 2.95. The summed E-state index contributed by atoms with van der Waals surface area (Å²) in [6.07, 6.45) is 6.72. The van der Waals surface area contributed by atoms with E-state index in [1.807, 2.05) is 12.1 Å². The normalized spacial score (nSPS) is 11.1. The molecule has 0 saturated carbocycles. The molecule has 0 aliphatic rings. The van der Waals surface area contributed by atoms with Crippen LogP contribution in [-0.2, 0) is 0 Å². The Labute approximate surface area is 226 Å². The van der Waals surface area contributed by atoms with Gasteiger partial charge in [-0.3, -0.25) is 0 Å². The van der Waals surface area contributed by atoms with Crippen molar-refractivity contribution in [1.82, 2.24) is 0 Å². The van der Waals surface area contributed by atoms with Crippen molar-refractivity contribution in [2.24, 2.45) is 5.92 Å². The van der Waals surface area contributed by atoms with Crippen molar-refractivity contribution in [3.05, 3.63) is 89.5 Å². The molecule has 0 aromatic heterocycles. The van der Waals surface area contributed by atoms with Gasteiger partial charge in [0.15, 0.2) is 0 Å². The molecule has 198 valence electrons. The second kappa shape index (κ2) is 15.3. The summed E-state index contributed by atoms with van der Waals surface area (Å²) in [5, 5.41) is 0. The summed E-state index contributed by atoms with van der Waals surface area (Å²) in [5.74, 6) is 7.31. The molecule has 0 saturated heterocycles. The van der Waals surface area contributed by atoms with Crippen LogP contribution < -0.4 is 14.2 Å². The number of hydrogen-bond acceptors (Lipinski definition) is 5. The first-order chi connectivity index (χ1) is 18.5. The van der Waals surface area contributed by atoms with Crippen molar-refractivity contribution < 1.29 is 23.8 Å². The number of carbonyl (C=O) groups excluding carboxylic acids is 2. The van der Waals surface area contributed by atoms with Crippen LogP contribution in [0.2, 0.25) is 0 Å². The summed E-state index contributed by atoms with van der Waals surface area (Å²) in [7, 11) is 0. The smallest absolute Gasteiger partial charge is 0.343 e. The Morgan fingerprint density at radius 3 is 1.79 bits per heavy atom. The first-order valence-electron chi connectivity index (χ1n) is 13.3. The van der Waals surface area contributed by atoms with Gasteiger partial charge in [0.2, 0.25) is 0 Å². The summed E-state index contributed by atoms with van der Waals surface area (Å²) in [6.45, 7) is 7.09. The fourth-order valence-electron chi connectivity index (χ4n) is 3.45. The van der Waals surface area contributed by atoms with Crippen LogP contribution in [0.25, 0.3) is 0 Å². The van der Waals surface area contributed by atoms with Gasteiger partial charge < -0.3 is 14.2 Å². The van der Waals surface area contributed by atoms with E-state index in [1.165, 1.54) is 19.3 Å². The predicted molar refractivity (Wildman–Crippen MR) is 150 cm³/mol. The maximum absolute atomic E-state index is 12.5. The van der Waals surface area contributed by atoms with Crippen LogP contribution in [0.3, 0.4) is 0 Å². The van der Waals surface area contributed by atoms with Crippen molar-refractivity contribution in [1.29, 1.82) is 0 Å². The van der Waals surface area contributed by atoms with Crippen LogP contribution in [0.5, 0.6) is 17.2 Å². The summed E-state index contributed by atoms with van der Waals surface area (Å²) in [5.41, 5.74) is 1.64.